The van der Waals surface area contributed by atoms with Crippen molar-refractivity contribution in [3.63, 3.8) is 0 Å². The highest BCUT2D eigenvalue weighted by Gasteiger charge is 2.37. The van der Waals surface area contributed by atoms with E-state index in [0.717, 1.165) is 50.1 Å². The zero-order chi connectivity index (χ0) is 25.2. The van der Waals surface area contributed by atoms with E-state index in [-0.39, 0.29) is 11.8 Å². The Bertz CT molecular complexity index is 730. The molecular weight excluding hydrogens is 445 g/mol. The van der Waals surface area contributed by atoms with E-state index in [1.54, 1.807) is 0 Å². The Morgan fingerprint density at radius 3 is 2.18 bits per heavy atom. The fourth-order valence-corrected chi connectivity index (χ4v) is 4.71. The third kappa shape index (κ3) is 9.19. The summed E-state index contributed by atoms with van der Waals surface area (Å²) in [5.41, 5.74) is -0.830. The summed E-state index contributed by atoms with van der Waals surface area (Å²) in [7, 11) is 3.48. The molecule has 0 radical (unpaired) electrons. The number of benzene rings is 1. The topological polar surface area (TPSA) is 52.6 Å². The first-order chi connectivity index (χ1) is 16.0. The van der Waals surface area contributed by atoms with Gasteiger partial charge in [-0.25, -0.2) is 0 Å². The van der Waals surface area contributed by atoms with Gasteiger partial charge >= 0.3 is 12.3 Å². The number of carbonyl (C=O) groups excluding carboxylic acids is 1. The van der Waals surface area contributed by atoms with Crippen LogP contribution in [0.1, 0.15) is 83.1 Å². The Hall–Kier alpha value is -1.64. The molecule has 2 rings (SSSR count). The van der Waals surface area contributed by atoms with E-state index in [1.807, 2.05) is 0 Å². The van der Waals surface area contributed by atoms with Gasteiger partial charge < -0.3 is 14.8 Å². The normalized spacial score (nSPS) is 20.8. The van der Waals surface area contributed by atoms with Crippen molar-refractivity contribution >= 4 is 6.09 Å². The lowest BCUT2D eigenvalue weighted by Crippen LogP contribution is -2.54. The van der Waals surface area contributed by atoms with Crippen molar-refractivity contribution in [3.05, 3.63) is 35.0 Å². The molecule has 1 aromatic carbocycles. The molecule has 34 heavy (non-hydrogen) atoms. The fraction of sp³-hybridized carbons (Fsp3) is 0.731. The number of quaternary nitrogens is 1. The average Bonchev–Trinajstić information content (AvgIpc) is 2.79. The second-order valence-corrected chi connectivity index (χ2v) is 9.91. The van der Waals surface area contributed by atoms with Crippen LogP contribution in [0.4, 0.5) is 18.0 Å². The zero-order valence-electron chi connectivity index (χ0n) is 20.9. The predicted molar refractivity (Wildman–Crippen MR) is 128 cm³/mol. The fourth-order valence-electron chi connectivity index (χ4n) is 4.71. The third-order valence-electron chi connectivity index (χ3n) is 7.06. The zero-order valence-corrected chi connectivity index (χ0v) is 20.9. The summed E-state index contributed by atoms with van der Waals surface area (Å²) >= 11 is 0. The van der Waals surface area contributed by atoms with E-state index >= 15 is 0 Å². The second-order valence-electron chi connectivity index (χ2n) is 9.91. The molecule has 5 nitrogen and oxygen atoms in total. The van der Waals surface area contributed by atoms with E-state index in [2.05, 4.69) is 18.9 Å². The lowest BCUT2D eigenvalue weighted by atomic mass is 9.82. The van der Waals surface area contributed by atoms with Gasteiger partial charge in [-0.1, -0.05) is 39.0 Å². The van der Waals surface area contributed by atoms with Crippen molar-refractivity contribution in [1.29, 1.82) is 0 Å². The first kappa shape index (κ1) is 28.6. The Morgan fingerprint density at radius 1 is 1.03 bits per heavy atom. The molecule has 0 bridgehead atoms. The van der Waals surface area contributed by atoms with Crippen LogP contribution in [0.2, 0.25) is 0 Å². The van der Waals surface area contributed by atoms with E-state index < -0.39 is 22.5 Å². The van der Waals surface area contributed by atoms with Crippen LogP contribution in [-0.4, -0.2) is 48.9 Å². The molecule has 1 unspecified atom stereocenters. The highest BCUT2D eigenvalue weighted by atomic mass is 19.4. The van der Waals surface area contributed by atoms with Crippen LogP contribution in [0.3, 0.4) is 0 Å². The van der Waals surface area contributed by atoms with Gasteiger partial charge in [-0.3, -0.25) is 4.65 Å². The highest BCUT2D eigenvalue weighted by molar-refractivity contribution is 5.64. The van der Waals surface area contributed by atoms with Crippen LogP contribution in [0.15, 0.2) is 24.3 Å². The van der Waals surface area contributed by atoms with Crippen molar-refractivity contribution in [2.45, 2.75) is 89.8 Å². The van der Waals surface area contributed by atoms with Gasteiger partial charge in [0.1, 0.15) is 5.75 Å². The smallest absolute Gasteiger partial charge is 0.521 e. The minimum Gasteiger partial charge on any atom is -0.622 e. The predicted octanol–water partition coefficient (Wildman–Crippen LogP) is 7.39. The number of unbranched alkanes of at least 4 members (excludes halogenated alkanes) is 4. The largest absolute Gasteiger partial charge is 0.622 e. The number of halogens is 3. The number of hydrogen-bond acceptors (Lipinski definition) is 4. The quantitative estimate of drug-likeness (QED) is 0.176. The standard InChI is InChI=1S/C26H41F3N2O3/c1-4-5-8-19-30(2)20-9-6-7-10-21-11-15-23(16-12-21)31(3,33)25(32)34-24-17-13-22(14-18-24)26(27,28)29/h13-14,17-18,21,23H,4-12,15-16,19-20H2,1-3H3. The maximum atomic E-state index is 13.0. The SMILES string of the molecule is CCCCCN(C)CCCCCC1CCC([N+](C)([O-])C(=O)Oc2ccc(C(F)(F)F)cc2)CC1. The van der Waals surface area contributed by atoms with E-state index in [1.165, 1.54) is 52.1 Å². The first-order valence-corrected chi connectivity index (χ1v) is 12.7. The maximum Gasteiger partial charge on any atom is 0.521 e. The third-order valence-corrected chi connectivity index (χ3v) is 7.06. The van der Waals surface area contributed by atoms with Gasteiger partial charge in [0.2, 0.25) is 0 Å². The summed E-state index contributed by atoms with van der Waals surface area (Å²) in [5.74, 6) is 0.535. The summed E-state index contributed by atoms with van der Waals surface area (Å²) in [6.45, 7) is 4.54. The Kier molecular flexibility index (Phi) is 11.3. The number of hydrogen-bond donors (Lipinski definition) is 0. The van der Waals surface area contributed by atoms with E-state index in [0.29, 0.717) is 18.8 Å². The molecule has 0 saturated heterocycles. The second kappa shape index (κ2) is 13.4. The molecule has 1 atom stereocenters. The summed E-state index contributed by atoms with van der Waals surface area (Å²) in [5, 5.41) is 13.0. The number of alkyl halides is 3. The molecule has 1 aliphatic carbocycles. The van der Waals surface area contributed by atoms with Crippen LogP contribution in [0.25, 0.3) is 0 Å². The summed E-state index contributed by atoms with van der Waals surface area (Å²) in [4.78, 5) is 14.9. The van der Waals surface area contributed by atoms with Gasteiger partial charge in [0.25, 0.3) is 0 Å². The van der Waals surface area contributed by atoms with Crippen LogP contribution in [0.5, 0.6) is 5.75 Å². The Labute approximate surface area is 202 Å². The van der Waals surface area contributed by atoms with E-state index in [4.69, 9.17) is 4.74 Å². The number of ether oxygens (including phenoxy) is 1. The molecule has 0 aromatic heterocycles. The number of rotatable bonds is 12. The molecule has 1 aromatic rings. The van der Waals surface area contributed by atoms with Gasteiger partial charge in [-0.05, 0) is 76.0 Å². The molecular formula is C26H41F3N2O3. The molecule has 0 aliphatic heterocycles. The highest BCUT2D eigenvalue weighted by Crippen LogP contribution is 2.34. The van der Waals surface area contributed by atoms with Gasteiger partial charge in [0.05, 0.1) is 18.7 Å². The molecule has 1 aliphatic rings. The van der Waals surface area contributed by atoms with Crippen molar-refractivity contribution in [2.75, 3.05) is 27.2 Å². The minimum atomic E-state index is -4.46. The van der Waals surface area contributed by atoms with Gasteiger partial charge in [0, 0.05) is 12.8 Å². The molecule has 8 heteroatoms. The first-order valence-electron chi connectivity index (χ1n) is 12.7. The molecule has 1 saturated carbocycles. The average molecular weight is 487 g/mol. The monoisotopic (exact) mass is 486 g/mol. The summed E-state index contributed by atoms with van der Waals surface area (Å²) in [6.07, 6.45) is 6.31. The van der Waals surface area contributed by atoms with Gasteiger partial charge in [0.15, 0.2) is 0 Å². The van der Waals surface area contributed by atoms with Crippen molar-refractivity contribution in [1.82, 2.24) is 4.90 Å². The van der Waals surface area contributed by atoms with Gasteiger partial charge in [-0.15, -0.1) is 0 Å². The molecule has 1 amide bonds. The van der Waals surface area contributed by atoms with Crippen LogP contribution < -0.4 is 4.74 Å². The molecule has 0 spiro atoms. The van der Waals surface area contributed by atoms with Crippen molar-refractivity contribution in [3.8, 4) is 5.75 Å². The van der Waals surface area contributed by atoms with E-state index in [9.17, 15) is 23.2 Å². The molecule has 0 heterocycles. The van der Waals surface area contributed by atoms with Crippen LogP contribution in [-0.2, 0) is 6.18 Å². The maximum absolute atomic E-state index is 13.0. The summed E-state index contributed by atoms with van der Waals surface area (Å²) in [6, 6.07) is 3.44. The lowest BCUT2D eigenvalue weighted by Gasteiger charge is -2.43. The molecule has 1 fully saturated rings. The number of carbonyl (C=O) groups is 1. The van der Waals surface area contributed by atoms with Crippen molar-refractivity contribution < 1.29 is 27.3 Å². The van der Waals surface area contributed by atoms with Crippen molar-refractivity contribution in [2.24, 2.45) is 5.92 Å². The molecule has 0 N–H and O–H groups in total. The molecule has 194 valence electrons. The minimum absolute atomic E-state index is 0.0529. The number of amides is 1. The van der Waals surface area contributed by atoms with Crippen LogP contribution in [0, 0.1) is 11.1 Å². The lowest BCUT2D eigenvalue weighted by molar-refractivity contribution is -0.814. The van der Waals surface area contributed by atoms with Crippen LogP contribution >= 0.6 is 0 Å². The summed E-state index contributed by atoms with van der Waals surface area (Å²) < 4.78 is 42.0. The Morgan fingerprint density at radius 2 is 1.62 bits per heavy atom. The number of hydroxylamine groups is 3. The Balaban J connectivity index is 1.68. The van der Waals surface area contributed by atoms with Gasteiger partial charge in [-0.2, -0.15) is 18.0 Å². The number of nitrogens with zero attached hydrogens (tertiary/aromatic N) is 2.